The van der Waals surface area contributed by atoms with E-state index in [0.29, 0.717) is 17.3 Å². The maximum absolute atomic E-state index is 13.9. The summed E-state index contributed by atoms with van der Waals surface area (Å²) in [6.45, 7) is 5.31. The molecule has 2 nitrogen and oxygen atoms in total. The molecule has 1 aromatic carbocycles. The van der Waals surface area contributed by atoms with Crippen LogP contribution in [0.25, 0.3) is 0 Å². The lowest BCUT2D eigenvalue weighted by Crippen LogP contribution is -2.50. The number of anilines is 1. The maximum atomic E-state index is 13.9. The number of fused-ring (bicyclic) bond motifs is 1. The van der Waals surface area contributed by atoms with Crippen LogP contribution in [0.15, 0.2) is 12.1 Å². The molecule has 2 fully saturated rings. The van der Waals surface area contributed by atoms with Crippen molar-refractivity contribution >= 4 is 5.69 Å². The predicted molar refractivity (Wildman–Crippen MR) is 67.9 cm³/mol. The van der Waals surface area contributed by atoms with Crippen molar-refractivity contribution in [2.24, 2.45) is 0 Å². The van der Waals surface area contributed by atoms with E-state index in [1.165, 1.54) is 25.0 Å². The van der Waals surface area contributed by atoms with Gasteiger partial charge >= 0.3 is 0 Å². The van der Waals surface area contributed by atoms with Gasteiger partial charge in [-0.25, -0.2) is 8.78 Å². The summed E-state index contributed by atoms with van der Waals surface area (Å²) in [7, 11) is 0. The lowest BCUT2D eigenvalue weighted by molar-refractivity contribution is 0.230. The fourth-order valence-corrected chi connectivity index (χ4v) is 3.09. The minimum atomic E-state index is -0.319. The SMILES string of the molecule is Cc1cc(F)c(N2CCN3CCCC3C2)cc1F. The monoisotopic (exact) mass is 252 g/mol. The molecule has 3 rings (SSSR count). The van der Waals surface area contributed by atoms with Crippen LogP contribution < -0.4 is 4.90 Å². The van der Waals surface area contributed by atoms with E-state index < -0.39 is 0 Å². The van der Waals surface area contributed by atoms with E-state index in [0.717, 1.165) is 26.2 Å². The summed E-state index contributed by atoms with van der Waals surface area (Å²) in [6, 6.07) is 3.16. The van der Waals surface area contributed by atoms with Gasteiger partial charge < -0.3 is 4.90 Å². The minimum absolute atomic E-state index is 0.305. The Labute approximate surface area is 106 Å². The van der Waals surface area contributed by atoms with Gasteiger partial charge in [-0.2, -0.15) is 0 Å². The molecule has 2 aliphatic heterocycles. The molecule has 0 saturated carbocycles. The summed E-state index contributed by atoms with van der Waals surface area (Å²) in [5.41, 5.74) is 0.792. The number of aryl methyl sites for hydroxylation is 1. The normalized spacial score (nSPS) is 24.4. The Bertz CT molecular complexity index is 461. The van der Waals surface area contributed by atoms with Crippen LogP contribution in [0.4, 0.5) is 14.5 Å². The minimum Gasteiger partial charge on any atom is -0.366 e. The van der Waals surface area contributed by atoms with E-state index in [2.05, 4.69) is 4.90 Å². The number of benzene rings is 1. The van der Waals surface area contributed by atoms with Crippen LogP contribution >= 0.6 is 0 Å². The van der Waals surface area contributed by atoms with Crippen LogP contribution in [0.2, 0.25) is 0 Å². The third-order valence-corrected chi connectivity index (χ3v) is 4.16. The molecule has 2 heterocycles. The quantitative estimate of drug-likeness (QED) is 0.758. The van der Waals surface area contributed by atoms with Gasteiger partial charge in [-0.15, -0.1) is 0 Å². The Morgan fingerprint density at radius 3 is 2.78 bits per heavy atom. The molecule has 2 saturated heterocycles. The largest absolute Gasteiger partial charge is 0.366 e. The zero-order chi connectivity index (χ0) is 12.7. The first kappa shape index (κ1) is 11.9. The molecule has 0 aromatic heterocycles. The van der Waals surface area contributed by atoms with Crippen molar-refractivity contribution in [3.63, 3.8) is 0 Å². The molecule has 98 valence electrons. The topological polar surface area (TPSA) is 6.48 Å². The third-order valence-electron chi connectivity index (χ3n) is 4.16. The van der Waals surface area contributed by atoms with Gasteiger partial charge in [0.05, 0.1) is 5.69 Å². The number of rotatable bonds is 1. The molecule has 1 atom stereocenters. The Hall–Kier alpha value is -1.16. The van der Waals surface area contributed by atoms with Crippen LogP contribution in [0.5, 0.6) is 0 Å². The number of halogens is 2. The summed E-state index contributed by atoms with van der Waals surface area (Å²) in [6.07, 6.45) is 2.40. The Morgan fingerprint density at radius 2 is 1.94 bits per heavy atom. The van der Waals surface area contributed by atoms with Gasteiger partial charge in [0.1, 0.15) is 11.6 Å². The van der Waals surface area contributed by atoms with Crippen molar-refractivity contribution in [1.82, 2.24) is 4.90 Å². The highest BCUT2D eigenvalue weighted by Crippen LogP contribution is 2.28. The smallest absolute Gasteiger partial charge is 0.146 e. The van der Waals surface area contributed by atoms with E-state index in [9.17, 15) is 8.78 Å². The Morgan fingerprint density at radius 1 is 1.11 bits per heavy atom. The first-order valence-electron chi connectivity index (χ1n) is 6.60. The van der Waals surface area contributed by atoms with E-state index in [4.69, 9.17) is 0 Å². The molecule has 0 spiro atoms. The van der Waals surface area contributed by atoms with Gasteiger partial charge in [0, 0.05) is 31.7 Å². The second-order valence-electron chi connectivity index (χ2n) is 5.33. The summed E-state index contributed by atoms with van der Waals surface area (Å²) in [4.78, 5) is 4.45. The Balaban J connectivity index is 1.84. The van der Waals surface area contributed by atoms with E-state index in [1.807, 2.05) is 4.90 Å². The summed E-state index contributed by atoms with van der Waals surface area (Å²) in [5.74, 6) is -0.624. The van der Waals surface area contributed by atoms with Gasteiger partial charge in [-0.05, 0) is 37.9 Å². The second-order valence-corrected chi connectivity index (χ2v) is 5.33. The predicted octanol–water partition coefficient (Wildman–Crippen LogP) is 2.56. The molecule has 4 heteroatoms. The Kier molecular flexibility index (Phi) is 2.98. The zero-order valence-corrected chi connectivity index (χ0v) is 10.6. The molecule has 0 bridgehead atoms. The van der Waals surface area contributed by atoms with E-state index in [1.54, 1.807) is 6.92 Å². The maximum Gasteiger partial charge on any atom is 0.146 e. The van der Waals surface area contributed by atoms with Gasteiger partial charge in [0.2, 0.25) is 0 Å². The van der Waals surface area contributed by atoms with Crippen LogP contribution in [0.1, 0.15) is 18.4 Å². The van der Waals surface area contributed by atoms with Crippen LogP contribution in [-0.4, -0.2) is 37.1 Å². The van der Waals surface area contributed by atoms with Gasteiger partial charge in [0.25, 0.3) is 0 Å². The highest BCUT2D eigenvalue weighted by atomic mass is 19.1. The standard InChI is InChI=1S/C14H18F2N2/c1-10-7-13(16)14(8-12(10)15)18-6-5-17-4-2-3-11(17)9-18/h7-8,11H,2-6,9H2,1H3. The molecule has 0 aliphatic carbocycles. The first-order chi connectivity index (χ1) is 8.65. The molecular weight excluding hydrogens is 234 g/mol. The highest BCUT2D eigenvalue weighted by molar-refractivity contribution is 5.50. The fraction of sp³-hybridized carbons (Fsp3) is 0.571. The van der Waals surface area contributed by atoms with Gasteiger partial charge in [-0.3, -0.25) is 4.90 Å². The van der Waals surface area contributed by atoms with Gasteiger partial charge in [-0.1, -0.05) is 0 Å². The average Bonchev–Trinajstić information content (AvgIpc) is 2.80. The van der Waals surface area contributed by atoms with Crippen molar-refractivity contribution in [1.29, 1.82) is 0 Å². The number of nitrogens with zero attached hydrogens (tertiary/aromatic N) is 2. The summed E-state index contributed by atoms with van der Waals surface area (Å²) in [5, 5.41) is 0. The van der Waals surface area contributed by atoms with Crippen LogP contribution in [0, 0.1) is 18.6 Å². The lowest BCUT2D eigenvalue weighted by Gasteiger charge is -2.39. The van der Waals surface area contributed by atoms with E-state index >= 15 is 0 Å². The molecule has 0 N–H and O–H groups in total. The average molecular weight is 252 g/mol. The lowest BCUT2D eigenvalue weighted by atomic mass is 10.1. The molecule has 0 amide bonds. The van der Waals surface area contributed by atoms with Crippen molar-refractivity contribution < 1.29 is 8.78 Å². The zero-order valence-electron chi connectivity index (χ0n) is 10.6. The summed E-state index contributed by atoms with van der Waals surface area (Å²) < 4.78 is 27.5. The molecule has 1 aromatic rings. The van der Waals surface area contributed by atoms with Crippen molar-refractivity contribution in [2.75, 3.05) is 31.1 Å². The van der Waals surface area contributed by atoms with Gasteiger partial charge in [0.15, 0.2) is 0 Å². The van der Waals surface area contributed by atoms with Crippen molar-refractivity contribution in [3.8, 4) is 0 Å². The molecule has 2 aliphatic rings. The highest BCUT2D eigenvalue weighted by Gasteiger charge is 2.31. The van der Waals surface area contributed by atoms with Crippen LogP contribution in [0.3, 0.4) is 0 Å². The second kappa shape index (κ2) is 4.50. The number of hydrogen-bond acceptors (Lipinski definition) is 2. The van der Waals surface area contributed by atoms with E-state index in [-0.39, 0.29) is 11.6 Å². The fourth-order valence-electron chi connectivity index (χ4n) is 3.09. The molecular formula is C14H18F2N2. The number of hydrogen-bond donors (Lipinski definition) is 0. The first-order valence-corrected chi connectivity index (χ1v) is 6.60. The molecule has 1 unspecified atom stereocenters. The molecule has 0 radical (unpaired) electrons. The van der Waals surface area contributed by atoms with Crippen LogP contribution in [-0.2, 0) is 0 Å². The number of piperazine rings is 1. The van der Waals surface area contributed by atoms with Crippen molar-refractivity contribution in [2.45, 2.75) is 25.8 Å². The van der Waals surface area contributed by atoms with Crippen molar-refractivity contribution in [3.05, 3.63) is 29.3 Å². The third kappa shape index (κ3) is 1.99. The summed E-state index contributed by atoms with van der Waals surface area (Å²) >= 11 is 0. The molecule has 18 heavy (non-hydrogen) atoms.